The number of halogens is 2. The molecule has 0 saturated carbocycles. The molecule has 1 aliphatic rings. The van der Waals surface area contributed by atoms with E-state index in [4.69, 9.17) is 0 Å². The summed E-state index contributed by atoms with van der Waals surface area (Å²) in [6.07, 6.45) is 0.546. The predicted molar refractivity (Wildman–Crippen MR) is 168 cm³/mol. The SMILES string of the molecule is CC(C)(C)C(=O)N(C(=O)[C@@H]1CCCN1)[C@H](Cc1ccc2ccccc2c1)C(=O)NCC(O)CNCc1ccccc1F.Cl. The lowest BCUT2D eigenvalue weighted by atomic mass is 9.91. The molecule has 232 valence electrons. The summed E-state index contributed by atoms with van der Waals surface area (Å²) in [5, 5.41) is 21.5. The first kappa shape index (κ1) is 34.1. The molecule has 0 spiro atoms. The molecule has 3 aromatic carbocycles. The maximum absolute atomic E-state index is 13.9. The van der Waals surface area contributed by atoms with E-state index in [0.717, 1.165) is 27.7 Å². The molecule has 1 aliphatic heterocycles. The van der Waals surface area contributed by atoms with Crippen molar-refractivity contribution in [3.05, 3.63) is 83.7 Å². The molecule has 3 atom stereocenters. The summed E-state index contributed by atoms with van der Waals surface area (Å²) in [6.45, 7) is 6.08. The van der Waals surface area contributed by atoms with Crippen molar-refractivity contribution in [1.29, 1.82) is 0 Å². The average molecular weight is 613 g/mol. The van der Waals surface area contributed by atoms with E-state index < -0.39 is 41.3 Å². The molecule has 1 fully saturated rings. The van der Waals surface area contributed by atoms with Gasteiger partial charge in [0, 0.05) is 37.0 Å². The lowest BCUT2D eigenvalue weighted by Crippen LogP contribution is -2.60. The highest BCUT2D eigenvalue weighted by atomic mass is 35.5. The van der Waals surface area contributed by atoms with Crippen LogP contribution in [0.25, 0.3) is 10.8 Å². The molecule has 0 bridgehead atoms. The van der Waals surface area contributed by atoms with E-state index in [0.29, 0.717) is 18.5 Å². The van der Waals surface area contributed by atoms with Crippen LogP contribution in [0, 0.1) is 11.2 Å². The van der Waals surface area contributed by atoms with Gasteiger partial charge in [-0.2, -0.15) is 0 Å². The molecule has 0 radical (unpaired) electrons. The highest BCUT2D eigenvalue weighted by Crippen LogP contribution is 2.25. The van der Waals surface area contributed by atoms with Crippen molar-refractivity contribution in [3.63, 3.8) is 0 Å². The second-order valence-electron chi connectivity index (χ2n) is 11.9. The van der Waals surface area contributed by atoms with Gasteiger partial charge in [0.2, 0.25) is 17.7 Å². The molecule has 43 heavy (non-hydrogen) atoms. The fraction of sp³-hybridized carbons (Fsp3) is 0.424. The summed E-state index contributed by atoms with van der Waals surface area (Å²) in [7, 11) is 0. The fourth-order valence-corrected chi connectivity index (χ4v) is 5.13. The van der Waals surface area contributed by atoms with Crippen LogP contribution in [0.5, 0.6) is 0 Å². The number of aliphatic hydroxyl groups is 1. The molecule has 4 N–H and O–H groups in total. The summed E-state index contributed by atoms with van der Waals surface area (Å²) >= 11 is 0. The zero-order valence-electron chi connectivity index (χ0n) is 24.9. The molecule has 4 rings (SSSR count). The van der Waals surface area contributed by atoms with Crippen molar-refractivity contribution in [1.82, 2.24) is 20.9 Å². The lowest BCUT2D eigenvalue weighted by molar-refractivity contribution is -0.157. The Morgan fingerprint density at radius 2 is 1.72 bits per heavy atom. The first-order chi connectivity index (χ1) is 20.0. The van der Waals surface area contributed by atoms with Crippen molar-refractivity contribution >= 4 is 40.9 Å². The average Bonchev–Trinajstić information content (AvgIpc) is 3.51. The van der Waals surface area contributed by atoms with Gasteiger partial charge in [0.1, 0.15) is 11.9 Å². The second-order valence-corrected chi connectivity index (χ2v) is 11.9. The first-order valence-electron chi connectivity index (χ1n) is 14.5. The zero-order chi connectivity index (χ0) is 30.3. The van der Waals surface area contributed by atoms with Crippen molar-refractivity contribution in [2.45, 2.75) is 64.8 Å². The number of imide groups is 1. The van der Waals surface area contributed by atoms with Gasteiger partial charge < -0.3 is 21.1 Å². The van der Waals surface area contributed by atoms with E-state index in [1.165, 1.54) is 6.07 Å². The Hall–Kier alpha value is -3.37. The van der Waals surface area contributed by atoms with Gasteiger partial charge in [-0.25, -0.2) is 4.39 Å². The number of nitrogens with zero attached hydrogens (tertiary/aromatic N) is 1. The third kappa shape index (κ3) is 9.06. The molecular weight excluding hydrogens is 571 g/mol. The van der Waals surface area contributed by atoms with E-state index in [9.17, 15) is 23.9 Å². The Morgan fingerprint density at radius 3 is 2.40 bits per heavy atom. The number of amides is 3. The largest absolute Gasteiger partial charge is 0.390 e. The molecule has 3 aromatic rings. The van der Waals surface area contributed by atoms with Gasteiger partial charge >= 0.3 is 0 Å². The van der Waals surface area contributed by atoms with E-state index in [2.05, 4.69) is 16.0 Å². The summed E-state index contributed by atoms with van der Waals surface area (Å²) in [6, 6.07) is 18.4. The number of fused-ring (bicyclic) bond motifs is 1. The van der Waals surface area contributed by atoms with Crippen molar-refractivity contribution < 1.29 is 23.9 Å². The third-order valence-corrected chi connectivity index (χ3v) is 7.48. The van der Waals surface area contributed by atoms with E-state index >= 15 is 0 Å². The van der Waals surface area contributed by atoms with Gasteiger partial charge in [-0.3, -0.25) is 19.3 Å². The second kappa shape index (κ2) is 15.4. The number of rotatable bonds is 11. The van der Waals surface area contributed by atoms with Crippen LogP contribution in [0.15, 0.2) is 66.7 Å². The highest BCUT2D eigenvalue weighted by molar-refractivity contribution is 6.04. The van der Waals surface area contributed by atoms with Gasteiger partial charge in [-0.1, -0.05) is 81.4 Å². The fourth-order valence-electron chi connectivity index (χ4n) is 5.13. The van der Waals surface area contributed by atoms with Crippen LogP contribution in [0.4, 0.5) is 4.39 Å². The summed E-state index contributed by atoms with van der Waals surface area (Å²) in [5.41, 5.74) is 0.367. The third-order valence-electron chi connectivity index (χ3n) is 7.48. The van der Waals surface area contributed by atoms with Gasteiger partial charge in [0.15, 0.2) is 0 Å². The molecule has 8 nitrogen and oxygen atoms in total. The van der Waals surface area contributed by atoms with Crippen LogP contribution < -0.4 is 16.0 Å². The predicted octanol–water partition coefficient (Wildman–Crippen LogP) is 3.73. The molecule has 1 saturated heterocycles. The minimum atomic E-state index is -1.12. The zero-order valence-corrected chi connectivity index (χ0v) is 25.8. The molecule has 1 heterocycles. The van der Waals surface area contributed by atoms with E-state index in [-0.39, 0.29) is 44.3 Å². The van der Waals surface area contributed by atoms with Crippen LogP contribution in [0.2, 0.25) is 0 Å². The van der Waals surface area contributed by atoms with Crippen molar-refractivity contribution in [3.8, 4) is 0 Å². The minimum Gasteiger partial charge on any atom is -0.390 e. The number of hydrogen-bond acceptors (Lipinski definition) is 6. The molecule has 3 amide bonds. The smallest absolute Gasteiger partial charge is 0.247 e. The quantitative estimate of drug-likeness (QED) is 0.263. The van der Waals surface area contributed by atoms with E-state index in [1.54, 1.807) is 39.0 Å². The van der Waals surface area contributed by atoms with Gasteiger partial charge in [0.25, 0.3) is 0 Å². The molecule has 0 aliphatic carbocycles. The Labute approximate surface area is 258 Å². The standard InChI is InChI=1S/C33H41FN4O4.ClH/c1-33(2,3)32(42)38(31(41)28-13-8-16-36-28)29(18-22-14-15-23-9-4-5-10-24(23)17-22)30(40)37-21-26(39)20-35-19-25-11-6-7-12-27(25)34;/h4-7,9-12,14-15,17,26,28-29,35-36,39H,8,13,16,18-21H2,1-3H3,(H,37,40);1H/t26?,28-,29+;/m0./s1. The van der Waals surface area contributed by atoms with Gasteiger partial charge in [0.05, 0.1) is 12.1 Å². The summed E-state index contributed by atoms with van der Waals surface area (Å²) in [4.78, 5) is 42.5. The van der Waals surface area contributed by atoms with E-state index in [1.807, 2.05) is 42.5 Å². The Bertz CT molecular complexity index is 1410. The topological polar surface area (TPSA) is 111 Å². The molecular formula is C33H42ClFN4O4. The lowest BCUT2D eigenvalue weighted by Gasteiger charge is -2.35. The number of carbonyl (C=O) groups is 3. The first-order valence-corrected chi connectivity index (χ1v) is 14.5. The van der Waals surface area contributed by atoms with Crippen LogP contribution in [-0.4, -0.2) is 65.5 Å². The van der Waals surface area contributed by atoms with Crippen LogP contribution in [0.1, 0.15) is 44.7 Å². The van der Waals surface area contributed by atoms with Crippen LogP contribution >= 0.6 is 12.4 Å². The highest BCUT2D eigenvalue weighted by Gasteiger charge is 2.42. The van der Waals surface area contributed by atoms with Gasteiger partial charge in [-0.15, -0.1) is 12.4 Å². The van der Waals surface area contributed by atoms with Crippen molar-refractivity contribution in [2.24, 2.45) is 5.41 Å². The number of hydrogen-bond donors (Lipinski definition) is 4. The van der Waals surface area contributed by atoms with Crippen molar-refractivity contribution in [2.75, 3.05) is 19.6 Å². The number of benzene rings is 3. The Morgan fingerprint density at radius 1 is 1.02 bits per heavy atom. The monoisotopic (exact) mass is 612 g/mol. The number of nitrogens with one attached hydrogen (secondary N) is 3. The number of carbonyl (C=O) groups excluding carboxylic acids is 3. The Balaban J connectivity index is 0.00000506. The summed E-state index contributed by atoms with van der Waals surface area (Å²) in [5.74, 6) is -1.72. The Kier molecular flexibility index (Phi) is 12.2. The molecule has 1 unspecified atom stereocenters. The van der Waals surface area contributed by atoms with Crippen LogP contribution in [0.3, 0.4) is 0 Å². The molecule has 0 aromatic heterocycles. The molecule has 10 heteroatoms. The summed E-state index contributed by atoms with van der Waals surface area (Å²) < 4.78 is 13.9. The number of aliphatic hydroxyl groups excluding tert-OH is 1. The normalized spacial score (nSPS) is 16.3. The maximum atomic E-state index is 13.9. The maximum Gasteiger partial charge on any atom is 0.247 e. The minimum absolute atomic E-state index is 0. The van der Waals surface area contributed by atoms with Gasteiger partial charge in [-0.05, 0) is 41.8 Å². The van der Waals surface area contributed by atoms with Crippen LogP contribution in [-0.2, 0) is 27.3 Å².